The van der Waals surface area contributed by atoms with E-state index in [9.17, 15) is 4.39 Å². The van der Waals surface area contributed by atoms with Gasteiger partial charge in [-0.3, -0.25) is 0 Å². The third kappa shape index (κ3) is 0.888. The van der Waals surface area contributed by atoms with E-state index in [0.29, 0.717) is 6.54 Å². The molecule has 0 N–H and O–H groups in total. The van der Waals surface area contributed by atoms with Crippen molar-refractivity contribution in [1.29, 1.82) is 0 Å². The molecule has 0 radical (unpaired) electrons. The molecule has 0 aromatic carbocycles. The van der Waals surface area contributed by atoms with Crippen molar-refractivity contribution in [2.75, 3.05) is 13.1 Å². The Bertz CT molecular complexity index is 135. The van der Waals surface area contributed by atoms with Gasteiger partial charge >= 0.3 is 0 Å². The zero-order valence-electron chi connectivity index (χ0n) is 5.11. The van der Waals surface area contributed by atoms with Crippen LogP contribution in [0.5, 0.6) is 0 Å². The zero-order chi connectivity index (χ0) is 6.48. The smallest absolute Gasteiger partial charge is 0.120 e. The summed E-state index contributed by atoms with van der Waals surface area (Å²) in [5.41, 5.74) is 0.126. The second kappa shape index (κ2) is 1.81. The average molecular weight is 241 g/mol. The second-order valence-electron chi connectivity index (χ2n) is 3.13. The summed E-state index contributed by atoms with van der Waals surface area (Å²) in [5, 5.41) is 0. The maximum atomic E-state index is 13.0. The molecule has 52 valence electrons. The molecule has 3 heteroatoms. The molecule has 9 heavy (non-hydrogen) atoms. The molecule has 1 saturated heterocycles. The lowest BCUT2D eigenvalue weighted by atomic mass is 10.1. The molecule has 2 aliphatic rings. The van der Waals surface area contributed by atoms with Crippen molar-refractivity contribution in [3.8, 4) is 0 Å². The number of rotatable bonds is 0. The largest absolute Gasteiger partial charge is 0.245 e. The predicted octanol–water partition coefficient (Wildman–Crippen LogP) is 1.77. The maximum absolute atomic E-state index is 13.0. The van der Waals surface area contributed by atoms with Crippen LogP contribution in [0.2, 0.25) is 0 Å². The fourth-order valence-corrected chi connectivity index (χ4v) is 2.53. The minimum Gasteiger partial charge on any atom is -0.245 e. The highest BCUT2D eigenvalue weighted by molar-refractivity contribution is 14.1. The SMILES string of the molecule is FC1CN(I)CC12CC2. The predicted molar refractivity (Wildman–Crippen MR) is 42.2 cm³/mol. The lowest BCUT2D eigenvalue weighted by molar-refractivity contribution is 0.266. The summed E-state index contributed by atoms with van der Waals surface area (Å²) in [7, 11) is 0. The summed E-state index contributed by atoms with van der Waals surface area (Å²) < 4.78 is 15.0. The van der Waals surface area contributed by atoms with E-state index in [1.807, 2.05) is 0 Å². The van der Waals surface area contributed by atoms with Gasteiger partial charge in [0.1, 0.15) is 6.17 Å². The monoisotopic (exact) mass is 241 g/mol. The number of alkyl halides is 1. The van der Waals surface area contributed by atoms with E-state index < -0.39 is 6.17 Å². The third-order valence-corrected chi connectivity index (χ3v) is 3.14. The summed E-state index contributed by atoms with van der Waals surface area (Å²) >= 11 is 2.21. The Hall–Kier alpha value is 0.620. The topological polar surface area (TPSA) is 3.24 Å². The van der Waals surface area contributed by atoms with E-state index in [0.717, 1.165) is 19.4 Å². The summed E-state index contributed by atoms with van der Waals surface area (Å²) in [4.78, 5) is 0. The molecule has 1 aliphatic carbocycles. The van der Waals surface area contributed by atoms with Crippen LogP contribution in [-0.2, 0) is 0 Å². The van der Waals surface area contributed by atoms with Crippen molar-refractivity contribution in [3.63, 3.8) is 0 Å². The van der Waals surface area contributed by atoms with E-state index in [1.165, 1.54) is 0 Å². The van der Waals surface area contributed by atoms with Gasteiger partial charge in [0.05, 0.1) is 0 Å². The number of nitrogens with zero attached hydrogens (tertiary/aromatic N) is 1. The third-order valence-electron chi connectivity index (χ3n) is 2.40. The first-order valence-electron chi connectivity index (χ1n) is 3.28. The fraction of sp³-hybridized carbons (Fsp3) is 1.00. The van der Waals surface area contributed by atoms with E-state index in [1.54, 1.807) is 0 Å². The number of hydrogen-bond acceptors (Lipinski definition) is 1. The normalized spacial score (nSPS) is 40.0. The van der Waals surface area contributed by atoms with Gasteiger partial charge in [-0.25, -0.2) is 7.50 Å². The van der Waals surface area contributed by atoms with E-state index in [-0.39, 0.29) is 5.41 Å². The van der Waals surface area contributed by atoms with Crippen LogP contribution in [0.3, 0.4) is 0 Å². The van der Waals surface area contributed by atoms with E-state index in [4.69, 9.17) is 0 Å². The molecular formula is C6H9FIN. The molecule has 1 atom stereocenters. The molecule has 1 heterocycles. The Balaban J connectivity index is 2.10. The fourth-order valence-electron chi connectivity index (χ4n) is 1.50. The molecule has 1 nitrogen and oxygen atoms in total. The molecule has 2 fully saturated rings. The highest BCUT2D eigenvalue weighted by Gasteiger charge is 2.55. The van der Waals surface area contributed by atoms with Crippen molar-refractivity contribution in [3.05, 3.63) is 0 Å². The standard InChI is InChI=1S/C6H9FIN/c7-5-3-9(8)4-6(5)1-2-6/h5H,1-4H2. The molecule has 1 unspecified atom stereocenters. The van der Waals surface area contributed by atoms with Crippen LogP contribution in [-0.4, -0.2) is 22.4 Å². The Morgan fingerprint density at radius 3 is 2.44 bits per heavy atom. The Labute approximate surface area is 68.1 Å². The first-order valence-corrected chi connectivity index (χ1v) is 4.24. The Morgan fingerprint density at radius 2 is 2.22 bits per heavy atom. The van der Waals surface area contributed by atoms with Crippen molar-refractivity contribution in [2.45, 2.75) is 19.0 Å². The van der Waals surface area contributed by atoms with Crippen LogP contribution in [0.25, 0.3) is 0 Å². The Morgan fingerprint density at radius 1 is 1.56 bits per heavy atom. The van der Waals surface area contributed by atoms with Crippen LogP contribution >= 0.6 is 22.9 Å². The van der Waals surface area contributed by atoms with Crippen molar-refractivity contribution < 1.29 is 4.39 Å². The molecule has 0 aromatic heterocycles. The summed E-state index contributed by atoms with van der Waals surface area (Å²) in [6.07, 6.45) is 1.70. The highest BCUT2D eigenvalue weighted by atomic mass is 127. The average Bonchev–Trinajstić information content (AvgIpc) is 2.42. The van der Waals surface area contributed by atoms with Crippen LogP contribution in [0.15, 0.2) is 0 Å². The van der Waals surface area contributed by atoms with Gasteiger partial charge in [0, 0.05) is 41.4 Å². The quantitative estimate of drug-likeness (QED) is 0.461. The lowest BCUT2D eigenvalue weighted by Gasteiger charge is -2.04. The van der Waals surface area contributed by atoms with Crippen LogP contribution < -0.4 is 0 Å². The van der Waals surface area contributed by atoms with Crippen molar-refractivity contribution in [2.24, 2.45) is 5.41 Å². The lowest BCUT2D eigenvalue weighted by Crippen LogP contribution is -2.12. The second-order valence-corrected chi connectivity index (χ2v) is 4.50. The molecule has 0 bridgehead atoms. The Kier molecular flexibility index (Phi) is 1.28. The summed E-state index contributed by atoms with van der Waals surface area (Å²) in [6.45, 7) is 1.63. The van der Waals surface area contributed by atoms with Gasteiger partial charge in [-0.2, -0.15) is 0 Å². The van der Waals surface area contributed by atoms with Crippen LogP contribution in [0.1, 0.15) is 12.8 Å². The maximum Gasteiger partial charge on any atom is 0.120 e. The van der Waals surface area contributed by atoms with Gasteiger partial charge in [0.2, 0.25) is 0 Å². The van der Waals surface area contributed by atoms with Crippen LogP contribution in [0.4, 0.5) is 4.39 Å². The molecule has 1 spiro atoms. The van der Waals surface area contributed by atoms with E-state index >= 15 is 0 Å². The van der Waals surface area contributed by atoms with Gasteiger partial charge in [0.25, 0.3) is 0 Å². The molecule has 1 aliphatic heterocycles. The van der Waals surface area contributed by atoms with Gasteiger partial charge in [-0.05, 0) is 12.8 Å². The minimum absolute atomic E-state index is 0.126. The van der Waals surface area contributed by atoms with Gasteiger partial charge < -0.3 is 0 Å². The molecule has 0 aromatic rings. The summed E-state index contributed by atoms with van der Waals surface area (Å²) in [5.74, 6) is 0. The highest BCUT2D eigenvalue weighted by Crippen LogP contribution is 2.54. The minimum atomic E-state index is -0.533. The molecule has 0 amide bonds. The van der Waals surface area contributed by atoms with Gasteiger partial charge in [-0.1, -0.05) is 0 Å². The number of hydrogen-bond donors (Lipinski definition) is 0. The van der Waals surface area contributed by atoms with Crippen LogP contribution in [0, 0.1) is 5.41 Å². The first-order chi connectivity index (χ1) is 4.23. The molecular weight excluding hydrogens is 232 g/mol. The summed E-state index contributed by atoms with van der Waals surface area (Å²) in [6, 6.07) is 0. The van der Waals surface area contributed by atoms with Crippen molar-refractivity contribution >= 4 is 22.9 Å². The molecule has 1 saturated carbocycles. The molecule has 2 rings (SSSR count). The van der Waals surface area contributed by atoms with Gasteiger partial charge in [-0.15, -0.1) is 0 Å². The first kappa shape index (κ1) is 6.34. The van der Waals surface area contributed by atoms with Gasteiger partial charge in [0.15, 0.2) is 0 Å². The zero-order valence-corrected chi connectivity index (χ0v) is 7.27. The van der Waals surface area contributed by atoms with E-state index in [2.05, 4.69) is 26.0 Å². The number of halogens is 2. The van der Waals surface area contributed by atoms with Crippen molar-refractivity contribution in [1.82, 2.24) is 3.11 Å².